The van der Waals surface area contributed by atoms with Crippen LogP contribution in [0.1, 0.15) is 25.3 Å². The van der Waals surface area contributed by atoms with E-state index in [2.05, 4.69) is 40.2 Å². The van der Waals surface area contributed by atoms with Gasteiger partial charge in [0.05, 0.1) is 0 Å². The van der Waals surface area contributed by atoms with Crippen LogP contribution in [0.15, 0.2) is 47.7 Å². The Labute approximate surface area is 201 Å². The summed E-state index contributed by atoms with van der Waals surface area (Å²) < 4.78 is 34.9. The Morgan fingerprint density at radius 1 is 0.848 bits per heavy atom. The van der Waals surface area contributed by atoms with Crippen molar-refractivity contribution >= 4 is 29.4 Å². The van der Waals surface area contributed by atoms with E-state index in [-0.39, 0.29) is 0 Å². The predicted molar refractivity (Wildman–Crippen MR) is 135 cm³/mol. The van der Waals surface area contributed by atoms with E-state index in [1.165, 1.54) is 0 Å². The van der Waals surface area contributed by atoms with E-state index >= 15 is 0 Å². The standard InChI is InChI=1S/C23H41N2O6Si2/c1-8-11-22(12-16-24-15-9-20-32(26-2,27-3)28-4)23-13-18-25(19-14-23)17-10-21-33(29-5,30-6)31-7/h8,11-14,16,18-19H,9-10,15,17,20-21H2,1-7H3/q+1/b11-8-,22-12+,24-16?. The first-order valence-electron chi connectivity index (χ1n) is 11.1. The fourth-order valence-corrected chi connectivity index (χ4v) is 6.82. The molecule has 1 aromatic rings. The van der Waals surface area contributed by atoms with E-state index in [0.29, 0.717) is 6.54 Å². The van der Waals surface area contributed by atoms with Crippen molar-refractivity contribution in [2.45, 2.75) is 38.4 Å². The molecule has 0 aliphatic heterocycles. The van der Waals surface area contributed by atoms with Crippen LogP contribution < -0.4 is 4.57 Å². The Bertz CT molecular complexity index is 731. The van der Waals surface area contributed by atoms with Gasteiger partial charge in [-0.25, -0.2) is 4.57 Å². The van der Waals surface area contributed by atoms with Crippen molar-refractivity contribution in [2.24, 2.45) is 4.99 Å². The van der Waals surface area contributed by atoms with Crippen molar-refractivity contribution in [3.05, 3.63) is 48.3 Å². The summed E-state index contributed by atoms with van der Waals surface area (Å²) >= 11 is 0. The topological polar surface area (TPSA) is 71.6 Å². The van der Waals surface area contributed by atoms with Crippen LogP contribution in [-0.2, 0) is 33.1 Å². The van der Waals surface area contributed by atoms with E-state index in [1.54, 1.807) is 42.7 Å². The Balaban J connectivity index is 2.67. The van der Waals surface area contributed by atoms with Crippen molar-refractivity contribution in [3.8, 4) is 0 Å². The van der Waals surface area contributed by atoms with Gasteiger partial charge >= 0.3 is 17.6 Å². The van der Waals surface area contributed by atoms with Crippen molar-refractivity contribution < 1.29 is 31.1 Å². The van der Waals surface area contributed by atoms with Gasteiger partial charge in [-0.1, -0.05) is 12.2 Å². The lowest BCUT2D eigenvalue weighted by Gasteiger charge is -2.23. The number of hydrogen-bond acceptors (Lipinski definition) is 7. The molecule has 0 N–H and O–H groups in total. The molecule has 0 atom stereocenters. The highest BCUT2D eigenvalue weighted by Gasteiger charge is 2.37. The van der Waals surface area contributed by atoms with Gasteiger partial charge in [0, 0.05) is 86.1 Å². The number of aliphatic imine (C=N–C) groups is 1. The smallest absolute Gasteiger partial charge is 0.377 e. The maximum atomic E-state index is 5.49. The van der Waals surface area contributed by atoms with Crippen molar-refractivity contribution in [2.75, 3.05) is 49.2 Å². The molecule has 0 aliphatic carbocycles. The van der Waals surface area contributed by atoms with Crippen LogP contribution in [0.5, 0.6) is 0 Å². The molecule has 0 radical (unpaired) electrons. The van der Waals surface area contributed by atoms with E-state index in [4.69, 9.17) is 26.6 Å². The maximum Gasteiger partial charge on any atom is 0.500 e. The molecule has 0 spiro atoms. The fourth-order valence-electron chi connectivity index (χ4n) is 3.41. The Hall–Kier alpha value is -1.51. The zero-order valence-corrected chi connectivity index (χ0v) is 23.2. The zero-order chi connectivity index (χ0) is 24.6. The first-order chi connectivity index (χ1) is 16.0. The number of allylic oxidation sites excluding steroid dienone is 4. The molecule has 33 heavy (non-hydrogen) atoms. The van der Waals surface area contributed by atoms with Gasteiger partial charge in [-0.05, 0) is 30.6 Å². The Morgan fingerprint density at radius 2 is 1.36 bits per heavy atom. The third-order valence-electron chi connectivity index (χ3n) is 5.47. The molecule has 0 bridgehead atoms. The maximum absolute atomic E-state index is 5.49. The normalized spacial score (nSPS) is 13.5. The molecule has 10 heteroatoms. The molecule has 1 aromatic heterocycles. The van der Waals surface area contributed by atoms with Gasteiger partial charge in [-0.3, -0.25) is 4.99 Å². The molecule has 0 aliphatic rings. The second-order valence-electron chi connectivity index (χ2n) is 7.30. The van der Waals surface area contributed by atoms with Gasteiger partial charge < -0.3 is 26.6 Å². The highest BCUT2D eigenvalue weighted by atomic mass is 28.4. The van der Waals surface area contributed by atoms with Crippen LogP contribution in [0.2, 0.25) is 12.1 Å². The van der Waals surface area contributed by atoms with E-state index in [9.17, 15) is 0 Å². The molecule has 186 valence electrons. The summed E-state index contributed by atoms with van der Waals surface area (Å²) in [4.78, 5) is 4.51. The van der Waals surface area contributed by atoms with Gasteiger partial charge in [0.25, 0.3) is 0 Å². The average molecular weight is 498 g/mol. The van der Waals surface area contributed by atoms with E-state index in [0.717, 1.165) is 42.6 Å². The highest BCUT2D eigenvalue weighted by molar-refractivity contribution is 6.60. The number of pyridine rings is 1. The highest BCUT2D eigenvalue weighted by Crippen LogP contribution is 2.17. The molecule has 0 saturated heterocycles. The minimum atomic E-state index is -2.52. The predicted octanol–water partition coefficient (Wildman–Crippen LogP) is 3.54. The number of aromatic nitrogens is 1. The molecule has 0 fully saturated rings. The van der Waals surface area contributed by atoms with Crippen molar-refractivity contribution in [3.63, 3.8) is 0 Å². The quantitative estimate of drug-likeness (QED) is 0.108. The monoisotopic (exact) mass is 497 g/mol. The fraction of sp³-hybridized carbons (Fsp3) is 0.565. The van der Waals surface area contributed by atoms with Gasteiger partial charge in [0.2, 0.25) is 0 Å². The molecule has 1 heterocycles. The largest absolute Gasteiger partial charge is 0.500 e. The molecule has 0 unspecified atom stereocenters. The second-order valence-corrected chi connectivity index (χ2v) is 13.5. The van der Waals surface area contributed by atoms with Crippen molar-refractivity contribution in [1.29, 1.82) is 0 Å². The average Bonchev–Trinajstić information content (AvgIpc) is 2.87. The van der Waals surface area contributed by atoms with Crippen molar-refractivity contribution in [1.82, 2.24) is 0 Å². The summed E-state index contributed by atoms with van der Waals surface area (Å²) in [5.74, 6) is 0. The SMILES string of the molecule is C/C=C\C(=C/C=NCCC[Si](OC)(OC)OC)c1cc[n+](CCC[Si](OC)(OC)OC)cc1. The lowest BCUT2D eigenvalue weighted by atomic mass is 10.1. The third-order valence-corrected chi connectivity index (χ3v) is 11.1. The van der Waals surface area contributed by atoms with E-state index in [1.807, 2.05) is 25.3 Å². The molecule has 0 saturated carbocycles. The molecule has 0 aromatic carbocycles. The van der Waals surface area contributed by atoms with E-state index < -0.39 is 17.6 Å². The number of aryl methyl sites for hydroxylation is 1. The van der Waals surface area contributed by atoms with Crippen LogP contribution in [0.3, 0.4) is 0 Å². The summed E-state index contributed by atoms with van der Waals surface area (Å²) in [6, 6.07) is 5.74. The van der Waals surface area contributed by atoms with Crippen LogP contribution in [0, 0.1) is 0 Å². The molecule has 8 nitrogen and oxygen atoms in total. The van der Waals surface area contributed by atoms with Gasteiger partial charge in [0.15, 0.2) is 12.4 Å². The first kappa shape index (κ1) is 29.5. The number of rotatable bonds is 17. The Morgan fingerprint density at radius 3 is 1.85 bits per heavy atom. The van der Waals surface area contributed by atoms with Gasteiger partial charge in [0.1, 0.15) is 6.54 Å². The molecular weight excluding hydrogens is 456 g/mol. The van der Waals surface area contributed by atoms with Crippen LogP contribution in [0.4, 0.5) is 0 Å². The van der Waals surface area contributed by atoms with Crippen LogP contribution >= 0.6 is 0 Å². The van der Waals surface area contributed by atoms with Crippen LogP contribution in [-0.4, -0.2) is 73.0 Å². The summed E-state index contributed by atoms with van der Waals surface area (Å²) in [7, 11) is 4.79. The summed E-state index contributed by atoms with van der Waals surface area (Å²) in [6.07, 6.45) is 13.9. The lowest BCUT2D eigenvalue weighted by Crippen LogP contribution is -2.44. The summed E-state index contributed by atoms with van der Waals surface area (Å²) in [5, 5.41) is 0. The Kier molecular flexibility index (Phi) is 14.5. The molecular formula is C23H41N2O6Si2+. The third kappa shape index (κ3) is 9.71. The second kappa shape index (κ2) is 16.2. The first-order valence-corrected chi connectivity index (χ1v) is 15.0. The van der Waals surface area contributed by atoms with Gasteiger partial charge in [-0.15, -0.1) is 0 Å². The van der Waals surface area contributed by atoms with Gasteiger partial charge in [-0.2, -0.15) is 0 Å². The summed E-state index contributed by atoms with van der Waals surface area (Å²) in [6.45, 7) is 3.56. The van der Waals surface area contributed by atoms with Crippen LogP contribution in [0.25, 0.3) is 5.57 Å². The molecule has 0 amide bonds. The molecule has 1 rings (SSSR count). The number of nitrogens with zero attached hydrogens (tertiary/aromatic N) is 2. The lowest BCUT2D eigenvalue weighted by molar-refractivity contribution is -0.697. The summed E-state index contributed by atoms with van der Waals surface area (Å²) in [5.41, 5.74) is 2.24. The minimum absolute atomic E-state index is 0.689. The zero-order valence-electron chi connectivity index (χ0n) is 21.2. The minimum Gasteiger partial charge on any atom is -0.377 e. The number of hydrogen-bond donors (Lipinski definition) is 0.